The summed E-state index contributed by atoms with van der Waals surface area (Å²) in [5, 5.41) is 8.12. The third-order valence-corrected chi connectivity index (χ3v) is 2.61. The molecule has 0 unspecified atom stereocenters. The standard InChI is InChI=1S/C11H12ClN3/c1-15-11(6-7-14-15)13-8-9-4-2-3-5-10(9)12/h2-7,13H,8H2,1H3. The van der Waals surface area contributed by atoms with Crippen molar-refractivity contribution in [1.82, 2.24) is 9.78 Å². The van der Waals surface area contributed by atoms with Crippen LogP contribution in [0.15, 0.2) is 36.5 Å². The quantitative estimate of drug-likeness (QED) is 0.864. The predicted molar refractivity (Wildman–Crippen MR) is 62.0 cm³/mol. The van der Waals surface area contributed by atoms with Gasteiger partial charge in [-0.05, 0) is 11.6 Å². The van der Waals surface area contributed by atoms with Gasteiger partial charge in [-0.2, -0.15) is 5.10 Å². The molecule has 0 radical (unpaired) electrons. The second-order valence-corrected chi connectivity index (χ2v) is 3.69. The van der Waals surface area contributed by atoms with Crippen LogP contribution in [-0.2, 0) is 13.6 Å². The van der Waals surface area contributed by atoms with Gasteiger partial charge in [0.25, 0.3) is 0 Å². The molecule has 0 aliphatic carbocycles. The summed E-state index contributed by atoms with van der Waals surface area (Å²) in [6, 6.07) is 9.73. The molecule has 0 saturated heterocycles. The lowest BCUT2D eigenvalue weighted by Crippen LogP contribution is -2.04. The first-order chi connectivity index (χ1) is 7.27. The van der Waals surface area contributed by atoms with Gasteiger partial charge in [0.15, 0.2) is 0 Å². The number of aromatic nitrogens is 2. The predicted octanol–water partition coefficient (Wildman–Crippen LogP) is 2.69. The van der Waals surface area contributed by atoms with Crippen molar-refractivity contribution < 1.29 is 0 Å². The molecule has 0 spiro atoms. The van der Waals surface area contributed by atoms with Gasteiger partial charge in [0.1, 0.15) is 5.82 Å². The van der Waals surface area contributed by atoms with E-state index in [1.807, 2.05) is 37.4 Å². The first kappa shape index (κ1) is 10.1. The van der Waals surface area contributed by atoms with E-state index in [2.05, 4.69) is 10.4 Å². The van der Waals surface area contributed by atoms with Gasteiger partial charge in [0.2, 0.25) is 0 Å². The van der Waals surface area contributed by atoms with Crippen molar-refractivity contribution in [2.75, 3.05) is 5.32 Å². The summed E-state index contributed by atoms with van der Waals surface area (Å²) in [5.41, 5.74) is 1.08. The molecule has 2 aromatic rings. The summed E-state index contributed by atoms with van der Waals surface area (Å²) in [4.78, 5) is 0. The Morgan fingerprint density at radius 2 is 2.13 bits per heavy atom. The molecule has 3 nitrogen and oxygen atoms in total. The van der Waals surface area contributed by atoms with Crippen LogP contribution in [0.1, 0.15) is 5.56 Å². The topological polar surface area (TPSA) is 29.9 Å². The highest BCUT2D eigenvalue weighted by Gasteiger charge is 2.00. The first-order valence-electron chi connectivity index (χ1n) is 4.72. The highest BCUT2D eigenvalue weighted by Crippen LogP contribution is 2.16. The summed E-state index contributed by atoms with van der Waals surface area (Å²) in [5.74, 6) is 0.981. The number of anilines is 1. The van der Waals surface area contributed by atoms with Crippen LogP contribution in [0.2, 0.25) is 5.02 Å². The maximum Gasteiger partial charge on any atom is 0.124 e. The molecule has 1 N–H and O–H groups in total. The minimum atomic E-state index is 0.708. The molecular formula is C11H12ClN3. The lowest BCUT2D eigenvalue weighted by Gasteiger charge is -2.07. The van der Waals surface area contributed by atoms with Crippen molar-refractivity contribution in [2.24, 2.45) is 7.05 Å². The van der Waals surface area contributed by atoms with E-state index < -0.39 is 0 Å². The number of halogens is 1. The molecule has 0 amide bonds. The van der Waals surface area contributed by atoms with E-state index >= 15 is 0 Å². The van der Waals surface area contributed by atoms with Crippen LogP contribution in [0.5, 0.6) is 0 Å². The molecule has 0 aliphatic heterocycles. The molecule has 1 aromatic heterocycles. The van der Waals surface area contributed by atoms with Crippen LogP contribution < -0.4 is 5.32 Å². The monoisotopic (exact) mass is 221 g/mol. The maximum atomic E-state index is 6.04. The third kappa shape index (κ3) is 2.30. The van der Waals surface area contributed by atoms with Gasteiger partial charge in [0.05, 0.1) is 6.20 Å². The molecule has 1 aromatic carbocycles. The Labute approximate surface area is 93.7 Å². The van der Waals surface area contributed by atoms with Crippen LogP contribution >= 0.6 is 11.6 Å². The molecule has 0 bridgehead atoms. The third-order valence-electron chi connectivity index (χ3n) is 2.24. The molecule has 0 fully saturated rings. The van der Waals surface area contributed by atoms with E-state index in [1.54, 1.807) is 10.9 Å². The van der Waals surface area contributed by atoms with Gasteiger partial charge in [-0.15, -0.1) is 0 Å². The largest absolute Gasteiger partial charge is 0.366 e. The van der Waals surface area contributed by atoms with E-state index in [0.717, 1.165) is 16.4 Å². The molecule has 78 valence electrons. The van der Waals surface area contributed by atoms with Crippen LogP contribution in [-0.4, -0.2) is 9.78 Å². The summed E-state index contributed by atoms with van der Waals surface area (Å²) in [7, 11) is 1.90. The number of nitrogens with zero attached hydrogens (tertiary/aromatic N) is 2. The first-order valence-corrected chi connectivity index (χ1v) is 5.10. The smallest absolute Gasteiger partial charge is 0.124 e. The zero-order valence-electron chi connectivity index (χ0n) is 8.44. The Bertz CT molecular complexity index is 451. The zero-order valence-corrected chi connectivity index (χ0v) is 9.20. The van der Waals surface area contributed by atoms with Crippen LogP contribution in [0.25, 0.3) is 0 Å². The molecular weight excluding hydrogens is 210 g/mol. The van der Waals surface area contributed by atoms with Crippen molar-refractivity contribution in [3.63, 3.8) is 0 Å². The second-order valence-electron chi connectivity index (χ2n) is 3.29. The molecule has 15 heavy (non-hydrogen) atoms. The molecule has 0 saturated carbocycles. The molecule has 0 aliphatic rings. The average molecular weight is 222 g/mol. The van der Waals surface area contributed by atoms with E-state index in [4.69, 9.17) is 11.6 Å². The van der Waals surface area contributed by atoms with Crippen molar-refractivity contribution in [3.8, 4) is 0 Å². The summed E-state index contributed by atoms with van der Waals surface area (Å²) < 4.78 is 1.79. The fourth-order valence-corrected chi connectivity index (χ4v) is 1.58. The Hall–Kier alpha value is -1.48. The van der Waals surface area contributed by atoms with Gasteiger partial charge < -0.3 is 5.32 Å². The summed E-state index contributed by atoms with van der Waals surface area (Å²) in [6.45, 7) is 0.708. The number of benzene rings is 1. The van der Waals surface area contributed by atoms with E-state index in [9.17, 15) is 0 Å². The second kappa shape index (κ2) is 4.36. The lowest BCUT2D eigenvalue weighted by atomic mass is 10.2. The van der Waals surface area contributed by atoms with Crippen molar-refractivity contribution >= 4 is 17.4 Å². The number of nitrogens with one attached hydrogen (secondary N) is 1. The highest BCUT2D eigenvalue weighted by molar-refractivity contribution is 6.31. The number of rotatable bonds is 3. The summed E-state index contributed by atoms with van der Waals surface area (Å²) in [6.07, 6.45) is 1.76. The maximum absolute atomic E-state index is 6.04. The fourth-order valence-electron chi connectivity index (χ4n) is 1.37. The molecule has 1 heterocycles. The minimum Gasteiger partial charge on any atom is -0.366 e. The SMILES string of the molecule is Cn1nccc1NCc1ccccc1Cl. The van der Waals surface area contributed by atoms with Gasteiger partial charge >= 0.3 is 0 Å². The lowest BCUT2D eigenvalue weighted by molar-refractivity contribution is 0.769. The van der Waals surface area contributed by atoms with Gasteiger partial charge in [0, 0.05) is 24.7 Å². The number of hydrogen-bond donors (Lipinski definition) is 1. The van der Waals surface area contributed by atoms with Crippen molar-refractivity contribution in [3.05, 3.63) is 47.1 Å². The van der Waals surface area contributed by atoms with Crippen molar-refractivity contribution in [2.45, 2.75) is 6.54 Å². The summed E-state index contributed by atoms with van der Waals surface area (Å²) >= 11 is 6.04. The van der Waals surface area contributed by atoms with Gasteiger partial charge in [-0.25, -0.2) is 0 Å². The van der Waals surface area contributed by atoms with Gasteiger partial charge in [-0.3, -0.25) is 4.68 Å². The Morgan fingerprint density at radius 1 is 1.33 bits per heavy atom. The van der Waals surface area contributed by atoms with Crippen LogP contribution in [0.4, 0.5) is 5.82 Å². The van der Waals surface area contributed by atoms with Crippen molar-refractivity contribution in [1.29, 1.82) is 0 Å². The van der Waals surface area contributed by atoms with E-state index in [0.29, 0.717) is 6.54 Å². The highest BCUT2D eigenvalue weighted by atomic mass is 35.5. The Morgan fingerprint density at radius 3 is 2.80 bits per heavy atom. The Kier molecular flexibility index (Phi) is 2.92. The number of aryl methyl sites for hydroxylation is 1. The minimum absolute atomic E-state index is 0.708. The van der Waals surface area contributed by atoms with Crippen LogP contribution in [0, 0.1) is 0 Å². The van der Waals surface area contributed by atoms with Crippen LogP contribution in [0.3, 0.4) is 0 Å². The average Bonchev–Trinajstić information content (AvgIpc) is 2.63. The fraction of sp³-hybridized carbons (Fsp3) is 0.182. The molecule has 4 heteroatoms. The van der Waals surface area contributed by atoms with Gasteiger partial charge in [-0.1, -0.05) is 29.8 Å². The number of hydrogen-bond acceptors (Lipinski definition) is 2. The molecule has 0 atom stereocenters. The Balaban J connectivity index is 2.06. The zero-order chi connectivity index (χ0) is 10.7. The van der Waals surface area contributed by atoms with E-state index in [-0.39, 0.29) is 0 Å². The molecule has 2 rings (SSSR count). The normalized spacial score (nSPS) is 10.3. The van der Waals surface area contributed by atoms with E-state index in [1.165, 1.54) is 0 Å².